The average molecular weight is 373 g/mol. The Kier molecular flexibility index (Phi) is 5.82. The van der Waals surface area contributed by atoms with E-state index < -0.39 is 17.7 Å². The summed E-state index contributed by atoms with van der Waals surface area (Å²) in [4.78, 5) is 27.4. The van der Waals surface area contributed by atoms with E-state index in [0.717, 1.165) is 4.88 Å². The second kappa shape index (κ2) is 8.27. The number of rotatable bonds is 7. The van der Waals surface area contributed by atoms with Gasteiger partial charge in [0.05, 0.1) is 31.4 Å². The molecular weight excluding hydrogens is 354 g/mol. The molecule has 1 aliphatic heterocycles. The Bertz CT molecular complexity index is 801. The second-order valence-electron chi connectivity index (χ2n) is 5.71. The number of likely N-dealkylation sites (tertiary alicyclic amines) is 1. The van der Waals surface area contributed by atoms with E-state index in [9.17, 15) is 14.7 Å². The molecule has 26 heavy (non-hydrogen) atoms. The van der Waals surface area contributed by atoms with Crippen molar-refractivity contribution in [1.29, 1.82) is 0 Å². The number of hydrogen-bond acceptors (Lipinski definition) is 6. The van der Waals surface area contributed by atoms with Crippen molar-refractivity contribution < 1.29 is 24.5 Å². The van der Waals surface area contributed by atoms with Crippen LogP contribution in [0, 0.1) is 0 Å². The number of benzene rings is 1. The van der Waals surface area contributed by atoms with Crippen molar-refractivity contribution in [1.82, 2.24) is 4.90 Å². The lowest BCUT2D eigenvalue weighted by atomic mass is 10.00. The summed E-state index contributed by atoms with van der Waals surface area (Å²) in [6, 6.07) is 11.7. The van der Waals surface area contributed by atoms with Crippen LogP contribution >= 0.6 is 11.3 Å². The highest BCUT2D eigenvalue weighted by atomic mass is 32.1. The van der Waals surface area contributed by atoms with Crippen LogP contribution < -0.4 is 0 Å². The fraction of sp³-hybridized carbons (Fsp3) is 0.263. The highest BCUT2D eigenvalue weighted by Gasteiger charge is 2.46. The number of ketones is 1. The Morgan fingerprint density at radius 2 is 1.88 bits per heavy atom. The molecule has 1 amide bonds. The van der Waals surface area contributed by atoms with Crippen molar-refractivity contribution in [3.63, 3.8) is 0 Å². The van der Waals surface area contributed by atoms with Gasteiger partial charge in [0.15, 0.2) is 0 Å². The normalized spacial score (nSPS) is 19.3. The molecule has 0 spiro atoms. The average Bonchev–Trinajstić information content (AvgIpc) is 3.27. The van der Waals surface area contributed by atoms with Crippen LogP contribution in [0.2, 0.25) is 0 Å². The topological polar surface area (TPSA) is 87.1 Å². The number of carbonyl (C=O) groups excluding carboxylic acids is 2. The van der Waals surface area contributed by atoms with Gasteiger partial charge in [-0.15, -0.1) is 11.3 Å². The minimum atomic E-state index is -0.702. The van der Waals surface area contributed by atoms with Crippen molar-refractivity contribution in [3.05, 3.63) is 63.9 Å². The van der Waals surface area contributed by atoms with Crippen LogP contribution in [0.25, 0.3) is 5.76 Å². The SMILES string of the molecule is O=C1C(=O)N(CCOCCO)C(c2cccs2)/C1=C(/O)c1ccccc1. The zero-order valence-corrected chi connectivity index (χ0v) is 14.8. The number of Topliss-reactive ketones (excluding diaryl/α,β-unsaturated/α-hetero) is 1. The highest BCUT2D eigenvalue weighted by molar-refractivity contribution is 7.10. The fourth-order valence-electron chi connectivity index (χ4n) is 2.93. The van der Waals surface area contributed by atoms with Crippen molar-refractivity contribution in [2.75, 3.05) is 26.4 Å². The molecular formula is C19H19NO5S. The molecule has 1 atom stereocenters. The molecule has 2 heterocycles. The molecule has 1 unspecified atom stereocenters. The number of nitrogens with zero attached hydrogens (tertiary/aromatic N) is 1. The van der Waals surface area contributed by atoms with E-state index in [1.54, 1.807) is 24.3 Å². The number of ether oxygens (including phenoxy) is 1. The quantitative estimate of drug-likeness (QED) is 0.336. The second-order valence-corrected chi connectivity index (χ2v) is 6.69. The third kappa shape index (κ3) is 3.55. The van der Waals surface area contributed by atoms with Gasteiger partial charge in [-0.1, -0.05) is 36.4 Å². The largest absolute Gasteiger partial charge is 0.507 e. The lowest BCUT2D eigenvalue weighted by Crippen LogP contribution is -2.32. The van der Waals surface area contributed by atoms with Gasteiger partial charge >= 0.3 is 0 Å². The molecule has 1 aliphatic rings. The number of carbonyl (C=O) groups is 2. The van der Waals surface area contributed by atoms with Crippen LogP contribution in [-0.2, 0) is 14.3 Å². The van der Waals surface area contributed by atoms with Crippen LogP contribution in [0.4, 0.5) is 0 Å². The van der Waals surface area contributed by atoms with Gasteiger partial charge in [-0.3, -0.25) is 9.59 Å². The zero-order valence-electron chi connectivity index (χ0n) is 14.0. The first-order valence-electron chi connectivity index (χ1n) is 8.21. The molecule has 136 valence electrons. The summed E-state index contributed by atoms with van der Waals surface area (Å²) in [6.45, 7) is 0.443. The molecule has 2 aromatic rings. The smallest absolute Gasteiger partial charge is 0.295 e. The first kappa shape index (κ1) is 18.3. The summed E-state index contributed by atoms with van der Waals surface area (Å²) in [5.41, 5.74) is 0.578. The van der Waals surface area contributed by atoms with Crippen LogP contribution in [0.5, 0.6) is 0 Å². The lowest BCUT2D eigenvalue weighted by Gasteiger charge is -2.23. The summed E-state index contributed by atoms with van der Waals surface area (Å²) in [5.74, 6) is -1.54. The summed E-state index contributed by atoms with van der Waals surface area (Å²) in [7, 11) is 0. The van der Waals surface area contributed by atoms with Crippen LogP contribution in [0.1, 0.15) is 16.5 Å². The summed E-state index contributed by atoms with van der Waals surface area (Å²) < 4.78 is 5.24. The van der Waals surface area contributed by atoms with E-state index in [1.165, 1.54) is 16.2 Å². The standard InChI is InChI=1S/C19H19NO5S/c21-9-11-25-10-8-20-16(14-7-4-12-26-14)15(18(23)19(20)24)17(22)13-5-2-1-3-6-13/h1-7,12,16,21-22H,8-11H2/b17-15-. The van der Waals surface area contributed by atoms with Gasteiger partial charge in [0.1, 0.15) is 5.76 Å². The van der Waals surface area contributed by atoms with Gasteiger partial charge in [-0.25, -0.2) is 0 Å². The Balaban J connectivity index is 2.00. The Hall–Kier alpha value is -2.48. The summed E-state index contributed by atoms with van der Waals surface area (Å²) in [5, 5.41) is 21.4. The third-order valence-electron chi connectivity index (χ3n) is 4.11. The van der Waals surface area contributed by atoms with E-state index in [4.69, 9.17) is 9.84 Å². The van der Waals surface area contributed by atoms with Crippen LogP contribution in [0.3, 0.4) is 0 Å². The van der Waals surface area contributed by atoms with Gasteiger partial charge in [-0.2, -0.15) is 0 Å². The Labute approximate surface area is 155 Å². The molecule has 1 aromatic carbocycles. The van der Waals surface area contributed by atoms with Crippen LogP contribution in [-0.4, -0.2) is 53.2 Å². The molecule has 3 rings (SSSR count). The maximum atomic E-state index is 12.6. The molecule has 0 radical (unpaired) electrons. The van der Waals surface area contributed by atoms with E-state index >= 15 is 0 Å². The van der Waals surface area contributed by atoms with Crippen molar-refractivity contribution in [2.45, 2.75) is 6.04 Å². The number of hydrogen-bond donors (Lipinski definition) is 2. The zero-order chi connectivity index (χ0) is 18.5. The molecule has 0 aliphatic carbocycles. The lowest BCUT2D eigenvalue weighted by molar-refractivity contribution is -0.140. The van der Waals surface area contributed by atoms with Gasteiger partial charge in [0, 0.05) is 17.0 Å². The van der Waals surface area contributed by atoms with Crippen molar-refractivity contribution in [2.24, 2.45) is 0 Å². The van der Waals surface area contributed by atoms with Crippen molar-refractivity contribution in [3.8, 4) is 0 Å². The maximum absolute atomic E-state index is 12.6. The van der Waals surface area contributed by atoms with Crippen molar-refractivity contribution >= 4 is 28.8 Å². The fourth-order valence-corrected chi connectivity index (χ4v) is 3.78. The molecule has 1 fully saturated rings. The van der Waals surface area contributed by atoms with E-state index in [-0.39, 0.29) is 37.7 Å². The molecule has 2 N–H and O–H groups in total. The molecule has 1 aromatic heterocycles. The van der Waals surface area contributed by atoms with Gasteiger partial charge in [-0.05, 0) is 11.4 Å². The molecule has 6 nitrogen and oxygen atoms in total. The Morgan fingerprint density at radius 3 is 2.54 bits per heavy atom. The minimum Gasteiger partial charge on any atom is -0.507 e. The highest BCUT2D eigenvalue weighted by Crippen LogP contribution is 2.40. The predicted octanol–water partition coefficient (Wildman–Crippen LogP) is 2.18. The number of aliphatic hydroxyl groups is 2. The molecule has 7 heteroatoms. The van der Waals surface area contributed by atoms with Gasteiger partial charge in [0.2, 0.25) is 0 Å². The summed E-state index contributed by atoms with van der Waals surface area (Å²) >= 11 is 1.42. The van der Waals surface area contributed by atoms with E-state index in [0.29, 0.717) is 5.56 Å². The third-order valence-corrected chi connectivity index (χ3v) is 5.04. The maximum Gasteiger partial charge on any atom is 0.295 e. The first-order chi connectivity index (χ1) is 12.6. The van der Waals surface area contributed by atoms with Gasteiger partial charge in [0.25, 0.3) is 11.7 Å². The monoisotopic (exact) mass is 373 g/mol. The number of thiophene rings is 1. The molecule has 0 saturated carbocycles. The summed E-state index contributed by atoms with van der Waals surface area (Å²) in [6.07, 6.45) is 0. The van der Waals surface area contributed by atoms with E-state index in [2.05, 4.69) is 0 Å². The van der Waals surface area contributed by atoms with Gasteiger partial charge < -0.3 is 19.8 Å². The molecule has 0 bridgehead atoms. The number of aliphatic hydroxyl groups excluding tert-OH is 2. The molecule has 1 saturated heterocycles. The Morgan fingerprint density at radius 1 is 1.12 bits per heavy atom. The first-order valence-corrected chi connectivity index (χ1v) is 9.09. The van der Waals surface area contributed by atoms with Crippen LogP contribution in [0.15, 0.2) is 53.4 Å². The predicted molar refractivity (Wildman–Crippen MR) is 97.7 cm³/mol. The number of amides is 1. The minimum absolute atomic E-state index is 0.0887. The van der Waals surface area contributed by atoms with E-state index in [1.807, 2.05) is 23.6 Å².